The summed E-state index contributed by atoms with van der Waals surface area (Å²) in [6.07, 6.45) is 4.91. The second-order valence-electron chi connectivity index (χ2n) is 14.0. The van der Waals surface area contributed by atoms with Gasteiger partial charge in [-0.25, -0.2) is 14.4 Å². The Balaban J connectivity index is 1.48. The molecule has 0 saturated heterocycles. The molecule has 4 aromatic rings. The highest BCUT2D eigenvalue weighted by Crippen LogP contribution is 2.74. The van der Waals surface area contributed by atoms with Crippen molar-refractivity contribution in [2.24, 2.45) is 0 Å². The number of aromatic carboxylic acids is 3. The number of ketones is 1. The Morgan fingerprint density at radius 1 is 0.391 bits per heavy atom. The van der Waals surface area contributed by atoms with Gasteiger partial charge in [0.1, 0.15) is 0 Å². The third-order valence-electron chi connectivity index (χ3n) is 11.2. The summed E-state index contributed by atoms with van der Waals surface area (Å²) in [6, 6.07) is 29.7. The van der Waals surface area contributed by atoms with E-state index in [4.69, 9.17) is 0 Å². The quantitative estimate of drug-likeness (QED) is 0.176. The highest BCUT2D eigenvalue weighted by Gasteiger charge is 2.69. The number of hydrogen-bond donors (Lipinski definition) is 3. The molecule has 4 saturated carbocycles. The first-order valence-corrected chi connectivity index (χ1v) is 15.5. The van der Waals surface area contributed by atoms with Crippen molar-refractivity contribution in [2.75, 3.05) is 0 Å². The van der Waals surface area contributed by atoms with E-state index >= 15 is 0 Å². The van der Waals surface area contributed by atoms with Crippen molar-refractivity contribution in [3.63, 3.8) is 0 Å². The number of rotatable bonds is 8. The molecule has 7 heteroatoms. The largest absolute Gasteiger partial charge is 0.478 e. The van der Waals surface area contributed by atoms with E-state index in [9.17, 15) is 34.5 Å². The summed E-state index contributed by atoms with van der Waals surface area (Å²) < 4.78 is 0. The molecule has 0 amide bonds. The predicted molar refractivity (Wildman–Crippen MR) is 171 cm³/mol. The van der Waals surface area contributed by atoms with Crippen molar-refractivity contribution in [2.45, 2.75) is 67.1 Å². The van der Waals surface area contributed by atoms with Gasteiger partial charge in [0.2, 0.25) is 0 Å². The maximum Gasteiger partial charge on any atom is 0.335 e. The van der Waals surface area contributed by atoms with Crippen molar-refractivity contribution < 1.29 is 34.5 Å². The predicted octanol–water partition coefficient (Wildman–Crippen LogP) is 7.42. The maximum atomic E-state index is 12.2. The molecule has 0 atom stereocenters. The zero-order valence-electron chi connectivity index (χ0n) is 25.5. The highest BCUT2D eigenvalue weighted by atomic mass is 16.4. The third-order valence-corrected chi connectivity index (χ3v) is 11.2. The fraction of sp³-hybridized carbons (Fsp3) is 0.282. The van der Waals surface area contributed by atoms with Gasteiger partial charge in [0.25, 0.3) is 0 Å². The smallest absolute Gasteiger partial charge is 0.335 e. The number of benzene rings is 4. The summed E-state index contributed by atoms with van der Waals surface area (Å²) in [5.74, 6) is -2.95. The Bertz CT molecular complexity index is 1570. The summed E-state index contributed by atoms with van der Waals surface area (Å²) in [5, 5.41) is 29.0. The number of Topliss-reactive ketones (excluding diaryl/α,β-unsaturated/α-hetero) is 1. The van der Waals surface area contributed by atoms with Crippen LogP contribution in [0.4, 0.5) is 0 Å². The second kappa shape index (κ2) is 10.2. The fourth-order valence-corrected chi connectivity index (χ4v) is 9.82. The molecule has 4 aliphatic carbocycles. The van der Waals surface area contributed by atoms with Crippen LogP contribution in [0.15, 0.2) is 97.1 Å². The van der Waals surface area contributed by atoms with Gasteiger partial charge in [-0.05, 0) is 126 Å². The molecule has 0 unspecified atom stereocenters. The average Bonchev–Trinajstić information content (AvgIpc) is 3.04. The van der Waals surface area contributed by atoms with E-state index in [0.29, 0.717) is 5.56 Å². The van der Waals surface area contributed by atoms with Crippen molar-refractivity contribution in [1.29, 1.82) is 0 Å². The van der Waals surface area contributed by atoms with Crippen LogP contribution >= 0.6 is 0 Å². The van der Waals surface area contributed by atoms with Gasteiger partial charge in [0.05, 0.1) is 16.7 Å². The van der Waals surface area contributed by atoms with Gasteiger partial charge >= 0.3 is 17.9 Å². The molecule has 3 N–H and O–H groups in total. The van der Waals surface area contributed by atoms with Crippen LogP contribution in [0.5, 0.6) is 0 Å². The topological polar surface area (TPSA) is 129 Å². The molecule has 4 bridgehead atoms. The van der Waals surface area contributed by atoms with Crippen LogP contribution in [0.25, 0.3) is 0 Å². The van der Waals surface area contributed by atoms with Crippen LogP contribution in [0.3, 0.4) is 0 Å². The molecular formula is C39H34O7. The Kier molecular flexibility index (Phi) is 6.60. The van der Waals surface area contributed by atoms with Gasteiger partial charge in [-0.1, -0.05) is 60.7 Å². The lowest BCUT2D eigenvalue weighted by molar-refractivity contribution is -0.0692. The minimum absolute atomic E-state index is 0.00275. The first-order chi connectivity index (χ1) is 21.9. The molecule has 0 spiro atoms. The van der Waals surface area contributed by atoms with E-state index in [1.807, 2.05) is 48.5 Å². The molecule has 7 nitrogen and oxygen atoms in total. The van der Waals surface area contributed by atoms with E-state index in [-0.39, 0.29) is 44.1 Å². The third kappa shape index (κ3) is 4.56. The maximum absolute atomic E-state index is 12.2. The Morgan fingerprint density at radius 2 is 0.587 bits per heavy atom. The van der Waals surface area contributed by atoms with Gasteiger partial charge in [-0.15, -0.1) is 0 Å². The number of carbonyl (C=O) groups is 4. The molecule has 4 fully saturated rings. The second-order valence-corrected chi connectivity index (χ2v) is 14.0. The van der Waals surface area contributed by atoms with E-state index in [2.05, 4.69) is 12.1 Å². The lowest BCUT2D eigenvalue weighted by Crippen LogP contribution is -2.67. The molecule has 0 aliphatic heterocycles. The van der Waals surface area contributed by atoms with Crippen LogP contribution in [0.2, 0.25) is 0 Å². The lowest BCUT2D eigenvalue weighted by atomic mass is 9.32. The van der Waals surface area contributed by atoms with Crippen molar-refractivity contribution in [3.05, 3.63) is 142 Å². The van der Waals surface area contributed by atoms with Gasteiger partial charge in [0.15, 0.2) is 5.78 Å². The van der Waals surface area contributed by atoms with Crippen LogP contribution in [0, 0.1) is 0 Å². The first kappa shape index (κ1) is 29.7. The number of carboxylic acids is 3. The fourth-order valence-electron chi connectivity index (χ4n) is 9.82. The Hall–Kier alpha value is -5.04. The van der Waals surface area contributed by atoms with Crippen LogP contribution in [-0.2, 0) is 21.7 Å². The number of carbonyl (C=O) groups excluding carboxylic acids is 1. The molecule has 232 valence electrons. The molecule has 0 aromatic heterocycles. The van der Waals surface area contributed by atoms with Crippen molar-refractivity contribution >= 4 is 23.7 Å². The van der Waals surface area contributed by atoms with Crippen molar-refractivity contribution in [1.82, 2.24) is 0 Å². The monoisotopic (exact) mass is 614 g/mol. The SMILES string of the molecule is CC(=O)c1ccc(C23CC4(c5ccc(C(=O)O)cc5)CC(c5ccc(C(=O)O)cc5)(C2)CC(c2ccc(C(=O)O)cc2)(C3)C4)cc1. The molecule has 4 aliphatic rings. The Labute approximate surface area is 266 Å². The van der Waals surface area contributed by atoms with Gasteiger partial charge in [-0.2, -0.15) is 0 Å². The zero-order valence-corrected chi connectivity index (χ0v) is 25.5. The van der Waals surface area contributed by atoms with Gasteiger partial charge in [-0.3, -0.25) is 4.79 Å². The van der Waals surface area contributed by atoms with Crippen LogP contribution in [0.1, 0.15) is 109 Å². The van der Waals surface area contributed by atoms with E-state index in [1.54, 1.807) is 43.3 Å². The molecule has 0 radical (unpaired) electrons. The molecular weight excluding hydrogens is 580 g/mol. The van der Waals surface area contributed by atoms with Crippen LogP contribution < -0.4 is 0 Å². The summed E-state index contributed by atoms with van der Waals surface area (Å²) in [6.45, 7) is 1.56. The minimum atomic E-state index is -0.982. The van der Waals surface area contributed by atoms with E-state index in [0.717, 1.165) is 60.8 Å². The highest BCUT2D eigenvalue weighted by molar-refractivity contribution is 5.94. The standard InChI is InChI=1S/C39H34O7/c1-24(40)25-2-10-29(11-3-25)36-18-37(30-12-4-26(5-13-30)33(41)42)21-38(19-36,31-14-6-27(7-15-31)34(43)44)23-39(20-36,22-37)32-16-8-28(9-17-32)35(45)46/h2-17H,18-23H2,1H3,(H,41,42)(H,43,44)(H,45,46). The zero-order chi connectivity index (χ0) is 32.5. The normalized spacial score (nSPS) is 27.7. The molecule has 8 rings (SSSR count). The lowest BCUT2D eigenvalue weighted by Gasteiger charge is -2.71. The minimum Gasteiger partial charge on any atom is -0.478 e. The molecule has 0 heterocycles. The molecule has 46 heavy (non-hydrogen) atoms. The first-order valence-electron chi connectivity index (χ1n) is 15.5. The summed E-state index contributed by atoms with van der Waals surface area (Å²) >= 11 is 0. The van der Waals surface area contributed by atoms with Crippen molar-refractivity contribution in [3.8, 4) is 0 Å². The number of carboxylic acid groups (broad SMARTS) is 3. The van der Waals surface area contributed by atoms with E-state index in [1.165, 1.54) is 0 Å². The summed E-state index contributed by atoms with van der Waals surface area (Å²) in [5.41, 5.74) is 4.26. The van der Waals surface area contributed by atoms with Crippen LogP contribution in [-0.4, -0.2) is 39.0 Å². The summed E-state index contributed by atoms with van der Waals surface area (Å²) in [7, 11) is 0. The molecule has 4 aromatic carbocycles. The Morgan fingerprint density at radius 3 is 0.761 bits per heavy atom. The van der Waals surface area contributed by atoms with Gasteiger partial charge in [0, 0.05) is 5.56 Å². The van der Waals surface area contributed by atoms with Gasteiger partial charge < -0.3 is 15.3 Å². The number of hydrogen-bond acceptors (Lipinski definition) is 4. The summed E-state index contributed by atoms with van der Waals surface area (Å²) in [4.78, 5) is 47.6. The average molecular weight is 615 g/mol. The van der Waals surface area contributed by atoms with E-state index < -0.39 is 17.9 Å².